The molecular weight excluding hydrogens is 213 g/mol. The number of hydrogen-bond donors (Lipinski definition) is 1. The molecule has 6 heteroatoms. The Labute approximate surface area is 91.9 Å². The third-order valence-electron chi connectivity index (χ3n) is 2.58. The van der Waals surface area contributed by atoms with Crippen LogP contribution in [-0.4, -0.2) is 34.1 Å². The van der Waals surface area contributed by atoms with Crippen LogP contribution < -0.4 is 4.90 Å². The Bertz CT molecular complexity index is 405. The summed E-state index contributed by atoms with van der Waals surface area (Å²) in [6.07, 6.45) is 5.22. The average molecular weight is 224 g/mol. The van der Waals surface area contributed by atoms with E-state index in [2.05, 4.69) is 16.3 Å². The number of halogens is 1. The SMILES string of the molecule is O=C(O)c1n[c]nc(N2CCCCC2)c1F. The molecule has 2 rings (SSSR count). The van der Waals surface area contributed by atoms with E-state index in [1.54, 1.807) is 4.90 Å². The highest BCUT2D eigenvalue weighted by atomic mass is 19.1. The van der Waals surface area contributed by atoms with Crippen molar-refractivity contribution in [2.45, 2.75) is 19.3 Å². The van der Waals surface area contributed by atoms with Crippen LogP contribution in [0.4, 0.5) is 10.2 Å². The van der Waals surface area contributed by atoms with Crippen LogP contribution in [0.1, 0.15) is 29.8 Å². The second kappa shape index (κ2) is 4.42. The summed E-state index contributed by atoms with van der Waals surface area (Å²) in [4.78, 5) is 19.4. The lowest BCUT2D eigenvalue weighted by Gasteiger charge is -2.27. The predicted molar refractivity (Wildman–Crippen MR) is 53.8 cm³/mol. The van der Waals surface area contributed by atoms with Crippen molar-refractivity contribution in [2.75, 3.05) is 18.0 Å². The molecule has 0 aromatic carbocycles. The molecule has 1 aliphatic rings. The second-order valence-corrected chi connectivity index (χ2v) is 3.66. The molecule has 1 saturated heterocycles. The largest absolute Gasteiger partial charge is 0.476 e. The molecule has 0 bridgehead atoms. The molecule has 0 spiro atoms. The van der Waals surface area contributed by atoms with E-state index < -0.39 is 17.5 Å². The first-order chi connectivity index (χ1) is 7.70. The maximum absolute atomic E-state index is 13.7. The van der Waals surface area contributed by atoms with Crippen molar-refractivity contribution in [1.29, 1.82) is 0 Å². The van der Waals surface area contributed by atoms with Crippen molar-refractivity contribution in [1.82, 2.24) is 9.97 Å². The molecule has 0 aliphatic carbocycles. The molecule has 1 radical (unpaired) electrons. The Balaban J connectivity index is 2.33. The van der Waals surface area contributed by atoms with Crippen LogP contribution in [0, 0.1) is 12.1 Å². The van der Waals surface area contributed by atoms with E-state index in [9.17, 15) is 9.18 Å². The topological polar surface area (TPSA) is 66.3 Å². The van der Waals surface area contributed by atoms with Gasteiger partial charge in [-0.15, -0.1) is 0 Å². The van der Waals surface area contributed by atoms with Gasteiger partial charge in [-0.3, -0.25) is 0 Å². The minimum atomic E-state index is -1.39. The normalized spacial score (nSPS) is 16.2. The minimum absolute atomic E-state index is 0.0482. The quantitative estimate of drug-likeness (QED) is 0.814. The van der Waals surface area contributed by atoms with Crippen LogP contribution in [0.3, 0.4) is 0 Å². The third kappa shape index (κ3) is 1.95. The number of carboxylic acids is 1. The fourth-order valence-electron chi connectivity index (χ4n) is 1.78. The van der Waals surface area contributed by atoms with Gasteiger partial charge in [-0.25, -0.2) is 19.2 Å². The molecular formula is C10H11FN3O2. The van der Waals surface area contributed by atoms with E-state index in [4.69, 9.17) is 5.11 Å². The Morgan fingerprint density at radius 2 is 2.00 bits per heavy atom. The summed E-state index contributed by atoms with van der Waals surface area (Å²) in [7, 11) is 0. The zero-order chi connectivity index (χ0) is 11.5. The molecule has 85 valence electrons. The highest BCUT2D eigenvalue weighted by Crippen LogP contribution is 2.21. The molecule has 5 nitrogen and oxygen atoms in total. The second-order valence-electron chi connectivity index (χ2n) is 3.66. The molecule has 0 unspecified atom stereocenters. The Morgan fingerprint density at radius 3 is 2.62 bits per heavy atom. The minimum Gasteiger partial charge on any atom is -0.476 e. The number of piperidine rings is 1. The van der Waals surface area contributed by atoms with Gasteiger partial charge >= 0.3 is 5.97 Å². The number of rotatable bonds is 2. The van der Waals surface area contributed by atoms with Crippen LogP contribution in [0.25, 0.3) is 0 Å². The van der Waals surface area contributed by atoms with Crippen molar-refractivity contribution in [2.24, 2.45) is 0 Å². The zero-order valence-corrected chi connectivity index (χ0v) is 8.61. The number of carbonyl (C=O) groups is 1. The Kier molecular flexibility index (Phi) is 2.98. The maximum Gasteiger partial charge on any atom is 0.357 e. The van der Waals surface area contributed by atoms with E-state index in [1.807, 2.05) is 0 Å². The first kappa shape index (κ1) is 10.8. The highest BCUT2D eigenvalue weighted by Gasteiger charge is 2.22. The van der Waals surface area contributed by atoms with Crippen LogP contribution in [0.15, 0.2) is 0 Å². The van der Waals surface area contributed by atoms with Crippen LogP contribution >= 0.6 is 0 Å². The molecule has 0 atom stereocenters. The van der Waals surface area contributed by atoms with Gasteiger partial charge in [0.25, 0.3) is 0 Å². The van der Waals surface area contributed by atoms with Gasteiger partial charge in [-0.1, -0.05) is 0 Å². The summed E-state index contributed by atoms with van der Waals surface area (Å²) in [6.45, 7) is 1.39. The number of carboxylic acid groups (broad SMARTS) is 1. The molecule has 0 saturated carbocycles. The van der Waals surface area contributed by atoms with Gasteiger partial charge in [-0.05, 0) is 19.3 Å². The summed E-state index contributed by atoms with van der Waals surface area (Å²) >= 11 is 0. The molecule has 1 fully saturated rings. The maximum atomic E-state index is 13.7. The fraction of sp³-hybridized carbons (Fsp3) is 0.500. The summed E-state index contributed by atoms with van der Waals surface area (Å²) in [5, 5.41) is 8.72. The molecule has 1 aromatic rings. The van der Waals surface area contributed by atoms with Crippen molar-refractivity contribution >= 4 is 11.8 Å². The summed E-state index contributed by atoms with van der Waals surface area (Å²) in [6, 6.07) is 0. The van der Waals surface area contributed by atoms with Crippen molar-refractivity contribution in [3.63, 3.8) is 0 Å². The van der Waals surface area contributed by atoms with E-state index in [-0.39, 0.29) is 5.82 Å². The van der Waals surface area contributed by atoms with Crippen LogP contribution in [0.5, 0.6) is 0 Å². The van der Waals surface area contributed by atoms with Crippen molar-refractivity contribution < 1.29 is 14.3 Å². The smallest absolute Gasteiger partial charge is 0.357 e. The van der Waals surface area contributed by atoms with Gasteiger partial charge in [0.05, 0.1) is 0 Å². The van der Waals surface area contributed by atoms with Gasteiger partial charge in [0.1, 0.15) is 0 Å². The van der Waals surface area contributed by atoms with Crippen LogP contribution in [-0.2, 0) is 0 Å². The predicted octanol–water partition coefficient (Wildman–Crippen LogP) is 1.10. The first-order valence-corrected chi connectivity index (χ1v) is 5.12. The highest BCUT2D eigenvalue weighted by molar-refractivity contribution is 5.86. The molecule has 16 heavy (non-hydrogen) atoms. The van der Waals surface area contributed by atoms with Crippen molar-refractivity contribution in [3.8, 4) is 0 Å². The van der Waals surface area contributed by atoms with Crippen LogP contribution in [0.2, 0.25) is 0 Å². The lowest BCUT2D eigenvalue weighted by atomic mass is 10.1. The van der Waals surface area contributed by atoms with Gasteiger partial charge in [0, 0.05) is 13.1 Å². The Hall–Kier alpha value is -1.72. The number of aromatic carboxylic acids is 1. The van der Waals surface area contributed by atoms with E-state index in [0.29, 0.717) is 13.1 Å². The number of nitrogens with zero attached hydrogens (tertiary/aromatic N) is 3. The first-order valence-electron chi connectivity index (χ1n) is 5.12. The van der Waals surface area contributed by atoms with Gasteiger partial charge in [0.2, 0.25) is 6.33 Å². The van der Waals surface area contributed by atoms with E-state index in [0.717, 1.165) is 19.3 Å². The summed E-state index contributed by atoms with van der Waals surface area (Å²) < 4.78 is 13.7. The standard InChI is InChI=1S/C10H11FN3O2/c11-7-8(10(15)16)12-6-13-9(7)14-4-2-1-3-5-14/h1-5H2,(H,15,16). The fourth-order valence-corrected chi connectivity index (χ4v) is 1.78. The lowest BCUT2D eigenvalue weighted by Crippen LogP contribution is -2.31. The molecule has 1 N–H and O–H groups in total. The van der Waals surface area contributed by atoms with E-state index in [1.165, 1.54) is 0 Å². The van der Waals surface area contributed by atoms with Gasteiger partial charge < -0.3 is 10.0 Å². The average Bonchev–Trinajstić information content (AvgIpc) is 2.30. The summed E-state index contributed by atoms with van der Waals surface area (Å²) in [5.41, 5.74) is -0.615. The Morgan fingerprint density at radius 1 is 1.31 bits per heavy atom. The molecule has 1 aliphatic heterocycles. The molecule has 2 heterocycles. The summed E-state index contributed by atoms with van der Waals surface area (Å²) in [5.74, 6) is -2.21. The lowest BCUT2D eigenvalue weighted by molar-refractivity contribution is 0.0684. The third-order valence-corrected chi connectivity index (χ3v) is 2.58. The number of hydrogen-bond acceptors (Lipinski definition) is 4. The van der Waals surface area contributed by atoms with Crippen molar-refractivity contribution in [3.05, 3.63) is 17.8 Å². The van der Waals surface area contributed by atoms with E-state index >= 15 is 0 Å². The number of anilines is 1. The molecule has 1 aromatic heterocycles. The van der Waals surface area contributed by atoms with Gasteiger partial charge in [-0.2, -0.15) is 0 Å². The number of aromatic nitrogens is 2. The molecule has 0 amide bonds. The zero-order valence-electron chi connectivity index (χ0n) is 8.61. The van der Waals surface area contributed by atoms with Gasteiger partial charge in [0.15, 0.2) is 17.3 Å². The monoisotopic (exact) mass is 224 g/mol.